The molecule has 0 saturated carbocycles. The van der Waals surface area contributed by atoms with Gasteiger partial charge >= 0.3 is 0 Å². The Morgan fingerprint density at radius 1 is 1.05 bits per heavy atom. The summed E-state index contributed by atoms with van der Waals surface area (Å²) < 4.78 is 39.8. The minimum Gasteiger partial charge on any atom is -0.329 e. The summed E-state index contributed by atoms with van der Waals surface area (Å²) in [4.78, 5) is 2.08. The smallest absolute Gasteiger partial charge is 0.194 e. The summed E-state index contributed by atoms with van der Waals surface area (Å²) in [6, 6.07) is 1.90. The van der Waals surface area contributed by atoms with Crippen molar-refractivity contribution in [3.63, 3.8) is 0 Å². The van der Waals surface area contributed by atoms with Crippen LogP contribution in [0.15, 0.2) is 12.1 Å². The molecule has 0 spiro atoms. The fourth-order valence-electron chi connectivity index (χ4n) is 2.35. The number of hydrogen-bond acceptors (Lipinski definition) is 2. The second-order valence-electron chi connectivity index (χ2n) is 5.73. The molecule has 1 aromatic rings. The molecule has 0 radical (unpaired) electrons. The van der Waals surface area contributed by atoms with Crippen LogP contribution in [0.25, 0.3) is 0 Å². The monoisotopic (exact) mass is 288 g/mol. The van der Waals surface area contributed by atoms with Gasteiger partial charge in [-0.05, 0) is 37.5 Å². The first-order chi connectivity index (χ1) is 9.27. The lowest BCUT2D eigenvalue weighted by atomic mass is 10.0. The van der Waals surface area contributed by atoms with E-state index in [1.165, 1.54) is 0 Å². The highest BCUT2D eigenvalue weighted by molar-refractivity contribution is 5.23. The predicted octanol–water partition coefficient (Wildman–Crippen LogP) is 3.47. The van der Waals surface area contributed by atoms with E-state index < -0.39 is 17.5 Å². The highest BCUT2D eigenvalue weighted by Gasteiger charge is 2.24. The Labute approximate surface area is 118 Å². The molecule has 0 amide bonds. The first-order valence-electron chi connectivity index (χ1n) is 6.88. The van der Waals surface area contributed by atoms with Crippen molar-refractivity contribution in [1.29, 1.82) is 0 Å². The lowest BCUT2D eigenvalue weighted by Crippen LogP contribution is -2.41. The summed E-state index contributed by atoms with van der Waals surface area (Å²) in [6.07, 6.45) is 0. The van der Waals surface area contributed by atoms with Crippen LogP contribution in [0, 0.1) is 23.4 Å². The maximum absolute atomic E-state index is 13.4. The van der Waals surface area contributed by atoms with Gasteiger partial charge in [0.05, 0.1) is 0 Å². The summed E-state index contributed by atoms with van der Waals surface area (Å²) in [5.41, 5.74) is 6.15. The molecule has 1 atom stereocenters. The van der Waals surface area contributed by atoms with E-state index in [1.54, 1.807) is 0 Å². The number of hydrogen-bond donors (Lipinski definition) is 1. The molecule has 0 aliphatic heterocycles. The summed E-state index contributed by atoms with van der Waals surface area (Å²) in [5.74, 6) is -3.40. The Morgan fingerprint density at radius 3 is 1.90 bits per heavy atom. The third-order valence-corrected chi connectivity index (χ3v) is 3.25. The predicted molar refractivity (Wildman–Crippen MR) is 74.8 cm³/mol. The van der Waals surface area contributed by atoms with Crippen molar-refractivity contribution >= 4 is 0 Å². The number of rotatable bonds is 6. The fraction of sp³-hybridized carbons (Fsp3) is 0.600. The van der Waals surface area contributed by atoms with Crippen molar-refractivity contribution in [3.8, 4) is 0 Å². The maximum Gasteiger partial charge on any atom is 0.194 e. The van der Waals surface area contributed by atoms with Gasteiger partial charge < -0.3 is 5.73 Å². The first-order valence-corrected chi connectivity index (χ1v) is 6.88. The topological polar surface area (TPSA) is 29.3 Å². The Balaban J connectivity index is 3.16. The number of nitrogens with zero attached hydrogens (tertiary/aromatic N) is 1. The average molecular weight is 288 g/mol. The van der Waals surface area contributed by atoms with Gasteiger partial charge in [0.15, 0.2) is 17.5 Å². The van der Waals surface area contributed by atoms with E-state index in [1.807, 2.05) is 13.8 Å². The molecule has 2 nitrogen and oxygen atoms in total. The standard InChI is InChI=1S/C15H23F3N2/c1-9(2)8-20(10(3)4)14(7-19)11-5-12(16)15(18)13(17)6-11/h5-6,9-10,14H,7-8,19H2,1-4H3. The van der Waals surface area contributed by atoms with Crippen LogP contribution in [0.2, 0.25) is 0 Å². The van der Waals surface area contributed by atoms with E-state index in [9.17, 15) is 13.2 Å². The van der Waals surface area contributed by atoms with E-state index in [0.717, 1.165) is 18.7 Å². The Hall–Kier alpha value is -1.07. The molecule has 0 aliphatic rings. The molecule has 5 heteroatoms. The molecule has 2 N–H and O–H groups in total. The first kappa shape index (κ1) is 17.0. The number of halogens is 3. The van der Waals surface area contributed by atoms with E-state index in [0.29, 0.717) is 11.5 Å². The van der Waals surface area contributed by atoms with Crippen LogP contribution < -0.4 is 5.73 Å². The van der Waals surface area contributed by atoms with Crippen LogP contribution in [0.4, 0.5) is 13.2 Å². The van der Waals surface area contributed by atoms with Gasteiger partial charge in [0, 0.05) is 25.2 Å². The summed E-state index contributed by atoms with van der Waals surface area (Å²) in [6.45, 7) is 9.10. The van der Waals surface area contributed by atoms with Gasteiger partial charge in [-0.25, -0.2) is 13.2 Å². The van der Waals surface area contributed by atoms with Crippen LogP contribution in [0.5, 0.6) is 0 Å². The highest BCUT2D eigenvalue weighted by atomic mass is 19.2. The molecule has 1 unspecified atom stereocenters. The lowest BCUT2D eigenvalue weighted by Gasteiger charge is -2.36. The Morgan fingerprint density at radius 2 is 1.55 bits per heavy atom. The quantitative estimate of drug-likeness (QED) is 0.812. The zero-order chi connectivity index (χ0) is 15.4. The van der Waals surface area contributed by atoms with Gasteiger partial charge in [0.1, 0.15) is 0 Å². The van der Waals surface area contributed by atoms with E-state index in [2.05, 4.69) is 18.7 Å². The molecule has 0 saturated heterocycles. The van der Waals surface area contributed by atoms with Gasteiger partial charge in [0.2, 0.25) is 0 Å². The van der Waals surface area contributed by atoms with Crippen molar-refractivity contribution in [2.45, 2.75) is 39.8 Å². The molecular weight excluding hydrogens is 265 g/mol. The molecular formula is C15H23F3N2. The molecule has 0 fully saturated rings. The lowest BCUT2D eigenvalue weighted by molar-refractivity contribution is 0.138. The van der Waals surface area contributed by atoms with Gasteiger partial charge in [0.25, 0.3) is 0 Å². The summed E-state index contributed by atoms with van der Waals surface area (Å²) in [5, 5.41) is 0. The molecule has 20 heavy (non-hydrogen) atoms. The third-order valence-electron chi connectivity index (χ3n) is 3.25. The summed E-state index contributed by atoms with van der Waals surface area (Å²) >= 11 is 0. The van der Waals surface area contributed by atoms with Crippen LogP contribution in [-0.4, -0.2) is 24.0 Å². The molecule has 0 heterocycles. The third kappa shape index (κ3) is 3.96. The van der Waals surface area contributed by atoms with Gasteiger partial charge in [-0.3, -0.25) is 4.90 Å². The number of nitrogens with two attached hydrogens (primary N) is 1. The maximum atomic E-state index is 13.4. The zero-order valence-electron chi connectivity index (χ0n) is 12.5. The van der Waals surface area contributed by atoms with Crippen molar-refractivity contribution in [2.75, 3.05) is 13.1 Å². The Kier molecular flexibility index (Phi) is 6.02. The SMILES string of the molecule is CC(C)CN(C(C)C)C(CN)c1cc(F)c(F)c(F)c1. The molecule has 1 rings (SSSR count). The molecule has 114 valence electrons. The van der Waals surface area contributed by atoms with E-state index in [-0.39, 0.29) is 18.6 Å². The number of benzene rings is 1. The molecule has 0 bridgehead atoms. The van der Waals surface area contributed by atoms with Gasteiger partial charge in [-0.15, -0.1) is 0 Å². The highest BCUT2D eigenvalue weighted by Crippen LogP contribution is 2.26. The van der Waals surface area contributed by atoms with Crippen molar-refractivity contribution in [1.82, 2.24) is 4.90 Å². The minimum atomic E-state index is -1.44. The normalized spacial score (nSPS) is 13.6. The minimum absolute atomic E-state index is 0.169. The van der Waals surface area contributed by atoms with Crippen molar-refractivity contribution in [3.05, 3.63) is 35.1 Å². The van der Waals surface area contributed by atoms with Crippen LogP contribution in [-0.2, 0) is 0 Å². The zero-order valence-corrected chi connectivity index (χ0v) is 12.5. The van der Waals surface area contributed by atoms with Crippen LogP contribution >= 0.6 is 0 Å². The van der Waals surface area contributed by atoms with Crippen LogP contribution in [0.3, 0.4) is 0 Å². The molecule has 1 aromatic carbocycles. The molecule has 0 aliphatic carbocycles. The van der Waals surface area contributed by atoms with E-state index in [4.69, 9.17) is 5.73 Å². The summed E-state index contributed by atoms with van der Waals surface area (Å²) in [7, 11) is 0. The second kappa shape index (κ2) is 7.09. The van der Waals surface area contributed by atoms with E-state index >= 15 is 0 Å². The second-order valence-corrected chi connectivity index (χ2v) is 5.73. The van der Waals surface area contributed by atoms with Crippen LogP contribution in [0.1, 0.15) is 39.3 Å². The Bertz CT molecular complexity index is 424. The van der Waals surface area contributed by atoms with Gasteiger partial charge in [-0.2, -0.15) is 0 Å². The van der Waals surface area contributed by atoms with Gasteiger partial charge in [-0.1, -0.05) is 13.8 Å². The molecule has 0 aromatic heterocycles. The average Bonchev–Trinajstić information content (AvgIpc) is 2.34. The fourth-order valence-corrected chi connectivity index (χ4v) is 2.35. The van der Waals surface area contributed by atoms with Crippen molar-refractivity contribution < 1.29 is 13.2 Å². The largest absolute Gasteiger partial charge is 0.329 e. The van der Waals surface area contributed by atoms with Crippen molar-refractivity contribution in [2.24, 2.45) is 11.7 Å².